The minimum absolute atomic E-state index is 0.158. The molecule has 0 radical (unpaired) electrons. The van der Waals surface area contributed by atoms with Gasteiger partial charge in [0.1, 0.15) is 21.8 Å². The lowest BCUT2D eigenvalue weighted by Crippen LogP contribution is -2.50. The highest BCUT2D eigenvalue weighted by Gasteiger charge is 2.33. The Hall–Kier alpha value is -3.00. The maximum atomic E-state index is 13.0. The molecule has 4 rings (SSSR count). The van der Waals surface area contributed by atoms with Crippen LogP contribution >= 0.6 is 11.3 Å². The average Bonchev–Trinajstić information content (AvgIpc) is 3.36. The number of aromatic nitrogens is 2. The van der Waals surface area contributed by atoms with E-state index in [-0.39, 0.29) is 11.8 Å². The normalized spacial score (nSPS) is 16.6. The summed E-state index contributed by atoms with van der Waals surface area (Å²) in [6.45, 7) is 4.22. The highest BCUT2D eigenvalue weighted by molar-refractivity contribution is 7.14. The van der Waals surface area contributed by atoms with Crippen molar-refractivity contribution in [1.29, 1.82) is 0 Å². The standard InChI is InChI=1S/C21H22N4O3S/c1-13-17(9-11-28-13)21(27)25-10-4-3-8-18(25)19(26)22-16-7-5-6-15(12-16)20-24-23-14(2)29-20/h5-7,9,11-12,18H,3-4,8,10H2,1-2H3,(H,22,26)/t18-/m1/s1. The second-order valence-corrected chi connectivity index (χ2v) is 8.28. The van der Waals surface area contributed by atoms with Crippen molar-refractivity contribution in [3.05, 3.63) is 52.9 Å². The summed E-state index contributed by atoms with van der Waals surface area (Å²) in [5, 5.41) is 12.9. The third-order valence-electron chi connectivity index (χ3n) is 5.06. The van der Waals surface area contributed by atoms with Crippen LogP contribution in [0, 0.1) is 13.8 Å². The number of hydrogen-bond donors (Lipinski definition) is 1. The van der Waals surface area contributed by atoms with Crippen molar-refractivity contribution in [2.75, 3.05) is 11.9 Å². The first-order chi connectivity index (χ1) is 14.0. The van der Waals surface area contributed by atoms with Crippen LogP contribution in [0.15, 0.2) is 41.0 Å². The molecule has 0 aliphatic carbocycles. The molecular formula is C21H22N4O3S. The summed E-state index contributed by atoms with van der Waals surface area (Å²) in [5.41, 5.74) is 2.09. The summed E-state index contributed by atoms with van der Waals surface area (Å²) < 4.78 is 5.27. The van der Waals surface area contributed by atoms with Crippen LogP contribution < -0.4 is 5.32 Å². The third kappa shape index (κ3) is 4.07. The van der Waals surface area contributed by atoms with Gasteiger partial charge in [0.25, 0.3) is 5.91 Å². The second-order valence-electron chi connectivity index (χ2n) is 7.10. The summed E-state index contributed by atoms with van der Waals surface area (Å²) in [6, 6.07) is 8.69. The van der Waals surface area contributed by atoms with Gasteiger partial charge in [-0.15, -0.1) is 10.2 Å². The average molecular weight is 410 g/mol. The number of hydrogen-bond acceptors (Lipinski definition) is 6. The molecule has 2 amide bonds. The molecule has 7 nitrogen and oxygen atoms in total. The number of aryl methyl sites for hydroxylation is 2. The summed E-state index contributed by atoms with van der Waals surface area (Å²) in [7, 11) is 0. The molecule has 1 N–H and O–H groups in total. The van der Waals surface area contributed by atoms with E-state index in [1.165, 1.54) is 17.6 Å². The number of carbonyl (C=O) groups is 2. The van der Waals surface area contributed by atoms with E-state index in [0.29, 0.717) is 30.0 Å². The van der Waals surface area contributed by atoms with E-state index in [0.717, 1.165) is 28.4 Å². The zero-order valence-corrected chi connectivity index (χ0v) is 17.2. The number of amides is 2. The Morgan fingerprint density at radius 3 is 2.79 bits per heavy atom. The van der Waals surface area contributed by atoms with E-state index >= 15 is 0 Å². The van der Waals surface area contributed by atoms with Gasteiger partial charge in [-0.05, 0) is 51.3 Å². The van der Waals surface area contributed by atoms with Crippen LogP contribution in [0.1, 0.15) is 40.4 Å². The van der Waals surface area contributed by atoms with E-state index in [9.17, 15) is 9.59 Å². The molecule has 3 aromatic rings. The number of benzene rings is 1. The molecule has 1 aliphatic heterocycles. The lowest BCUT2D eigenvalue weighted by molar-refractivity contribution is -0.121. The molecule has 1 aromatic carbocycles. The molecule has 3 heterocycles. The highest BCUT2D eigenvalue weighted by atomic mass is 32.1. The van der Waals surface area contributed by atoms with Crippen molar-refractivity contribution >= 4 is 28.8 Å². The summed E-state index contributed by atoms with van der Waals surface area (Å²) >= 11 is 1.50. The predicted molar refractivity (Wildman–Crippen MR) is 111 cm³/mol. The van der Waals surface area contributed by atoms with Crippen molar-refractivity contribution in [3.63, 3.8) is 0 Å². The van der Waals surface area contributed by atoms with Gasteiger partial charge in [0, 0.05) is 17.8 Å². The predicted octanol–water partition coefficient (Wildman–Crippen LogP) is 4.05. The molecule has 0 unspecified atom stereocenters. The monoisotopic (exact) mass is 410 g/mol. The number of furan rings is 1. The number of likely N-dealkylation sites (tertiary alicyclic amines) is 1. The minimum atomic E-state index is -0.502. The van der Waals surface area contributed by atoms with Crippen molar-refractivity contribution in [3.8, 4) is 10.6 Å². The van der Waals surface area contributed by atoms with E-state index < -0.39 is 6.04 Å². The molecule has 2 aromatic heterocycles. The zero-order valence-electron chi connectivity index (χ0n) is 16.3. The van der Waals surface area contributed by atoms with E-state index in [1.807, 2.05) is 31.2 Å². The van der Waals surface area contributed by atoms with E-state index in [2.05, 4.69) is 15.5 Å². The fourth-order valence-electron chi connectivity index (χ4n) is 3.58. The van der Waals surface area contributed by atoms with Gasteiger partial charge < -0.3 is 14.6 Å². The molecule has 150 valence electrons. The van der Waals surface area contributed by atoms with Crippen LogP contribution in [0.4, 0.5) is 5.69 Å². The molecule has 0 saturated carbocycles. The van der Waals surface area contributed by atoms with Crippen LogP contribution in [0.3, 0.4) is 0 Å². The van der Waals surface area contributed by atoms with Gasteiger partial charge in [-0.1, -0.05) is 23.5 Å². The molecule has 1 fully saturated rings. The lowest BCUT2D eigenvalue weighted by atomic mass is 10.00. The molecule has 0 spiro atoms. The van der Waals surface area contributed by atoms with Crippen molar-refractivity contribution in [2.24, 2.45) is 0 Å². The van der Waals surface area contributed by atoms with Gasteiger partial charge in [0.2, 0.25) is 5.91 Å². The number of anilines is 1. The largest absolute Gasteiger partial charge is 0.469 e. The fraction of sp³-hybridized carbons (Fsp3) is 0.333. The SMILES string of the molecule is Cc1nnc(-c2cccc(NC(=O)[C@H]3CCCCN3C(=O)c3ccoc3C)c2)s1. The van der Waals surface area contributed by atoms with Crippen LogP contribution in [-0.4, -0.2) is 39.5 Å². The Balaban J connectivity index is 1.52. The van der Waals surface area contributed by atoms with Gasteiger partial charge in [-0.2, -0.15) is 0 Å². The van der Waals surface area contributed by atoms with Gasteiger partial charge in [-0.3, -0.25) is 9.59 Å². The molecule has 1 atom stereocenters. The molecular weight excluding hydrogens is 388 g/mol. The summed E-state index contributed by atoms with van der Waals surface area (Å²) in [6.07, 6.45) is 3.95. The quantitative estimate of drug-likeness (QED) is 0.701. The Bertz CT molecular complexity index is 1040. The molecule has 8 heteroatoms. The van der Waals surface area contributed by atoms with Crippen molar-refractivity contribution < 1.29 is 14.0 Å². The maximum Gasteiger partial charge on any atom is 0.258 e. The van der Waals surface area contributed by atoms with Crippen LogP contribution in [0.2, 0.25) is 0 Å². The highest BCUT2D eigenvalue weighted by Crippen LogP contribution is 2.27. The number of nitrogens with zero attached hydrogens (tertiary/aromatic N) is 3. The Morgan fingerprint density at radius 2 is 2.07 bits per heavy atom. The first-order valence-corrected chi connectivity index (χ1v) is 10.4. The topological polar surface area (TPSA) is 88.3 Å². The maximum absolute atomic E-state index is 13.0. The Labute approximate surface area is 172 Å². The van der Waals surface area contributed by atoms with Gasteiger partial charge >= 0.3 is 0 Å². The fourth-order valence-corrected chi connectivity index (χ4v) is 4.27. The number of carbonyl (C=O) groups excluding carboxylic acids is 2. The van der Waals surface area contributed by atoms with E-state index in [4.69, 9.17) is 4.42 Å². The molecule has 0 bridgehead atoms. The third-order valence-corrected chi connectivity index (χ3v) is 5.95. The van der Waals surface area contributed by atoms with Gasteiger partial charge in [-0.25, -0.2) is 0 Å². The first-order valence-electron chi connectivity index (χ1n) is 9.59. The van der Waals surface area contributed by atoms with Crippen LogP contribution in [0.25, 0.3) is 10.6 Å². The van der Waals surface area contributed by atoms with Gasteiger partial charge in [0.05, 0.1) is 11.8 Å². The number of nitrogens with one attached hydrogen (secondary N) is 1. The van der Waals surface area contributed by atoms with Crippen LogP contribution in [-0.2, 0) is 4.79 Å². The minimum Gasteiger partial charge on any atom is -0.469 e. The van der Waals surface area contributed by atoms with Crippen molar-refractivity contribution in [1.82, 2.24) is 15.1 Å². The zero-order chi connectivity index (χ0) is 20.4. The summed E-state index contributed by atoms with van der Waals surface area (Å²) in [5.74, 6) is 0.235. The molecule has 1 saturated heterocycles. The Kier molecular flexibility index (Phi) is 5.44. The Morgan fingerprint density at radius 1 is 1.21 bits per heavy atom. The number of rotatable bonds is 4. The molecule has 29 heavy (non-hydrogen) atoms. The smallest absolute Gasteiger partial charge is 0.258 e. The summed E-state index contributed by atoms with van der Waals surface area (Å²) in [4.78, 5) is 27.7. The number of piperidine rings is 1. The molecule has 1 aliphatic rings. The first kappa shape index (κ1) is 19.3. The van der Waals surface area contributed by atoms with Crippen LogP contribution in [0.5, 0.6) is 0 Å². The van der Waals surface area contributed by atoms with Gasteiger partial charge in [0.15, 0.2) is 0 Å². The van der Waals surface area contributed by atoms with E-state index in [1.54, 1.807) is 17.9 Å². The van der Waals surface area contributed by atoms with Crippen molar-refractivity contribution in [2.45, 2.75) is 39.2 Å². The second kappa shape index (κ2) is 8.16. The lowest BCUT2D eigenvalue weighted by Gasteiger charge is -2.34.